The smallest absolute Gasteiger partial charge is 0.266 e. The number of fused-ring (bicyclic) bond motifs is 1. The first-order chi connectivity index (χ1) is 11.9. The van der Waals surface area contributed by atoms with E-state index in [9.17, 15) is 14.4 Å². The number of nitrogens with one attached hydrogen (secondary N) is 2. The van der Waals surface area contributed by atoms with Crippen LogP contribution in [0.2, 0.25) is 0 Å². The van der Waals surface area contributed by atoms with Crippen LogP contribution >= 0.6 is 0 Å². The van der Waals surface area contributed by atoms with Crippen LogP contribution in [0.5, 0.6) is 5.75 Å². The predicted molar refractivity (Wildman–Crippen MR) is 93.9 cm³/mol. The predicted octanol–water partition coefficient (Wildman–Crippen LogP) is 2.93. The lowest BCUT2D eigenvalue weighted by atomic mass is 10.1. The molecule has 0 aliphatic carbocycles. The van der Waals surface area contributed by atoms with Crippen molar-refractivity contribution < 1.29 is 19.1 Å². The number of ketones is 1. The zero-order valence-corrected chi connectivity index (χ0v) is 14.0. The highest BCUT2D eigenvalue weighted by molar-refractivity contribution is 6.02. The van der Waals surface area contributed by atoms with Gasteiger partial charge in [0.15, 0.2) is 11.9 Å². The van der Waals surface area contributed by atoms with Crippen molar-refractivity contribution in [3.63, 3.8) is 0 Å². The van der Waals surface area contributed by atoms with Gasteiger partial charge in [-0.25, -0.2) is 0 Å². The van der Waals surface area contributed by atoms with E-state index < -0.39 is 6.10 Å². The molecule has 1 aliphatic rings. The second-order valence-corrected chi connectivity index (χ2v) is 5.98. The van der Waals surface area contributed by atoms with Gasteiger partial charge in [0.05, 0.1) is 12.1 Å². The number of aryl methyl sites for hydroxylation is 1. The molecule has 1 atom stereocenters. The van der Waals surface area contributed by atoms with Crippen LogP contribution in [-0.2, 0) is 9.59 Å². The second kappa shape index (κ2) is 6.76. The van der Waals surface area contributed by atoms with E-state index in [4.69, 9.17) is 4.74 Å². The van der Waals surface area contributed by atoms with Gasteiger partial charge in [-0.15, -0.1) is 0 Å². The number of Topliss-reactive ketones (excluding diaryl/α,β-unsaturated/α-hetero) is 1. The van der Waals surface area contributed by atoms with Gasteiger partial charge in [0, 0.05) is 11.3 Å². The Hall–Kier alpha value is -3.15. The van der Waals surface area contributed by atoms with E-state index in [-0.39, 0.29) is 24.0 Å². The molecule has 2 aromatic rings. The lowest BCUT2D eigenvalue weighted by Gasteiger charge is -2.25. The summed E-state index contributed by atoms with van der Waals surface area (Å²) >= 11 is 0. The Labute approximate surface area is 145 Å². The molecule has 0 bridgehead atoms. The third-order valence-electron chi connectivity index (χ3n) is 3.88. The average Bonchev–Trinajstić information content (AvgIpc) is 2.56. The van der Waals surface area contributed by atoms with Crippen LogP contribution in [0.15, 0.2) is 42.5 Å². The van der Waals surface area contributed by atoms with Crippen LogP contribution in [0.25, 0.3) is 0 Å². The van der Waals surface area contributed by atoms with Crippen molar-refractivity contribution in [1.29, 1.82) is 0 Å². The van der Waals surface area contributed by atoms with Gasteiger partial charge in [0.2, 0.25) is 5.91 Å². The number of hydrogen-bond donors (Lipinski definition) is 2. The maximum atomic E-state index is 12.2. The molecule has 128 valence electrons. The van der Waals surface area contributed by atoms with Crippen molar-refractivity contribution in [1.82, 2.24) is 0 Å². The molecule has 0 unspecified atom stereocenters. The number of hydrogen-bond acceptors (Lipinski definition) is 4. The van der Waals surface area contributed by atoms with Crippen LogP contribution in [0.4, 0.5) is 11.4 Å². The fourth-order valence-electron chi connectivity index (χ4n) is 2.59. The molecule has 6 nitrogen and oxygen atoms in total. The molecule has 0 saturated carbocycles. The molecule has 0 radical (unpaired) electrons. The Bertz CT molecular complexity index is 860. The van der Waals surface area contributed by atoms with Crippen LogP contribution in [-0.4, -0.2) is 23.7 Å². The molecule has 1 aliphatic heterocycles. The lowest BCUT2D eigenvalue weighted by molar-refractivity contribution is -0.128. The molecular formula is C19H18N2O4. The Morgan fingerprint density at radius 2 is 2.00 bits per heavy atom. The van der Waals surface area contributed by atoms with Gasteiger partial charge in [-0.05, 0) is 43.7 Å². The summed E-state index contributed by atoms with van der Waals surface area (Å²) in [5.41, 5.74) is 2.62. The van der Waals surface area contributed by atoms with Gasteiger partial charge in [0.1, 0.15) is 5.75 Å². The fraction of sp³-hybridized carbons (Fsp3) is 0.211. The topological polar surface area (TPSA) is 84.5 Å². The van der Waals surface area contributed by atoms with Crippen LogP contribution in [0.3, 0.4) is 0 Å². The minimum atomic E-state index is -0.897. The first kappa shape index (κ1) is 16.7. The number of carbonyl (C=O) groups excluding carboxylic acids is 3. The number of ether oxygens (including phenoxy) is 1. The normalized spacial score (nSPS) is 15.6. The average molecular weight is 338 g/mol. The largest absolute Gasteiger partial charge is 0.478 e. The maximum Gasteiger partial charge on any atom is 0.266 e. The Balaban J connectivity index is 1.67. The summed E-state index contributed by atoms with van der Waals surface area (Å²) in [7, 11) is 0. The van der Waals surface area contributed by atoms with Gasteiger partial charge >= 0.3 is 0 Å². The molecule has 0 aromatic heterocycles. The standard InChI is InChI=1S/C19H18N2O4/c1-11-6-7-16-15(8-11)21-19(24)17(25-16)10-18(23)20-14-5-3-4-13(9-14)12(2)22/h3-9,17H,10H2,1-2H3,(H,20,23)(H,21,24)/t17-/m0/s1. The lowest BCUT2D eigenvalue weighted by Crippen LogP contribution is -2.39. The summed E-state index contributed by atoms with van der Waals surface area (Å²) in [5.74, 6) is -0.262. The molecular weight excluding hydrogens is 320 g/mol. The number of carbonyl (C=O) groups is 3. The molecule has 0 saturated heterocycles. The van der Waals surface area contributed by atoms with Gasteiger partial charge < -0.3 is 15.4 Å². The summed E-state index contributed by atoms with van der Waals surface area (Å²) in [6.45, 7) is 3.38. The summed E-state index contributed by atoms with van der Waals surface area (Å²) < 4.78 is 5.64. The fourth-order valence-corrected chi connectivity index (χ4v) is 2.59. The molecule has 0 fully saturated rings. The van der Waals surface area contributed by atoms with E-state index in [1.165, 1.54) is 6.92 Å². The van der Waals surface area contributed by atoms with E-state index in [0.717, 1.165) is 5.56 Å². The van der Waals surface area contributed by atoms with E-state index in [1.54, 1.807) is 30.3 Å². The van der Waals surface area contributed by atoms with Gasteiger partial charge in [-0.3, -0.25) is 14.4 Å². The van der Waals surface area contributed by atoms with Crippen molar-refractivity contribution in [2.45, 2.75) is 26.4 Å². The Kier molecular flexibility index (Phi) is 4.52. The van der Waals surface area contributed by atoms with Crippen LogP contribution in [0.1, 0.15) is 29.3 Å². The van der Waals surface area contributed by atoms with Crippen LogP contribution in [0, 0.1) is 6.92 Å². The first-order valence-corrected chi connectivity index (χ1v) is 7.91. The number of amides is 2. The number of anilines is 2. The number of rotatable bonds is 4. The molecule has 1 heterocycles. The van der Waals surface area contributed by atoms with E-state index >= 15 is 0 Å². The number of benzene rings is 2. The maximum absolute atomic E-state index is 12.2. The quantitative estimate of drug-likeness (QED) is 0.840. The van der Waals surface area contributed by atoms with Crippen molar-refractivity contribution >= 4 is 29.0 Å². The third kappa shape index (κ3) is 3.85. The molecule has 6 heteroatoms. The third-order valence-corrected chi connectivity index (χ3v) is 3.88. The highest BCUT2D eigenvalue weighted by Gasteiger charge is 2.29. The summed E-state index contributed by atoms with van der Waals surface area (Å²) in [4.78, 5) is 35.8. The van der Waals surface area contributed by atoms with E-state index in [1.807, 2.05) is 19.1 Å². The monoisotopic (exact) mass is 338 g/mol. The summed E-state index contributed by atoms with van der Waals surface area (Å²) in [6, 6.07) is 12.1. The van der Waals surface area contributed by atoms with Gasteiger partial charge in [0.25, 0.3) is 5.91 Å². The summed E-state index contributed by atoms with van der Waals surface area (Å²) in [6.07, 6.45) is -1.02. The highest BCUT2D eigenvalue weighted by atomic mass is 16.5. The minimum absolute atomic E-state index is 0.0852. The van der Waals surface area contributed by atoms with Crippen molar-refractivity contribution in [2.75, 3.05) is 10.6 Å². The summed E-state index contributed by atoms with van der Waals surface area (Å²) in [5, 5.41) is 5.44. The molecule has 2 aromatic carbocycles. The molecule has 2 amide bonds. The van der Waals surface area contributed by atoms with E-state index in [2.05, 4.69) is 10.6 Å². The molecule has 25 heavy (non-hydrogen) atoms. The van der Waals surface area contributed by atoms with Crippen molar-refractivity contribution in [3.05, 3.63) is 53.6 Å². The Morgan fingerprint density at radius 1 is 1.20 bits per heavy atom. The van der Waals surface area contributed by atoms with Gasteiger partial charge in [-0.1, -0.05) is 18.2 Å². The second-order valence-electron chi connectivity index (χ2n) is 5.98. The van der Waals surface area contributed by atoms with Gasteiger partial charge in [-0.2, -0.15) is 0 Å². The zero-order chi connectivity index (χ0) is 18.0. The first-order valence-electron chi connectivity index (χ1n) is 7.91. The SMILES string of the molecule is CC(=O)c1cccc(NC(=O)C[C@@H]2Oc3ccc(C)cc3NC2=O)c1. The van der Waals surface area contributed by atoms with Crippen molar-refractivity contribution in [3.8, 4) is 5.75 Å². The minimum Gasteiger partial charge on any atom is -0.478 e. The molecule has 0 spiro atoms. The highest BCUT2D eigenvalue weighted by Crippen LogP contribution is 2.31. The van der Waals surface area contributed by atoms with Crippen LogP contribution < -0.4 is 15.4 Å². The van der Waals surface area contributed by atoms with Crippen molar-refractivity contribution in [2.24, 2.45) is 0 Å². The Morgan fingerprint density at radius 3 is 2.76 bits per heavy atom. The molecule has 2 N–H and O–H groups in total. The van der Waals surface area contributed by atoms with E-state index in [0.29, 0.717) is 22.7 Å². The molecule has 3 rings (SSSR count). The zero-order valence-electron chi connectivity index (χ0n) is 14.0.